The van der Waals surface area contributed by atoms with E-state index >= 15 is 0 Å². The molecule has 1 N–H and O–H groups in total. The van der Waals surface area contributed by atoms with Crippen LogP contribution >= 0.6 is 0 Å². The molecule has 1 aromatic carbocycles. The highest BCUT2D eigenvalue weighted by atomic mass is 16.5. The summed E-state index contributed by atoms with van der Waals surface area (Å²) in [6.45, 7) is 5.75. The summed E-state index contributed by atoms with van der Waals surface area (Å²) in [7, 11) is 1.64. The van der Waals surface area contributed by atoms with Gasteiger partial charge < -0.3 is 15.0 Å². The highest BCUT2D eigenvalue weighted by molar-refractivity contribution is 5.78. The molecule has 5 nitrogen and oxygen atoms in total. The Bertz CT molecular complexity index is 489. The lowest BCUT2D eigenvalue weighted by atomic mass is 10.1. The maximum Gasteiger partial charge on any atom is 0.222 e. The third-order valence-electron chi connectivity index (χ3n) is 3.57. The summed E-state index contributed by atoms with van der Waals surface area (Å²) >= 11 is 0. The van der Waals surface area contributed by atoms with Crippen molar-refractivity contribution in [1.29, 1.82) is 0 Å². The standard InChI is InChI=1S/C17H26N2O3/c1-14-7-4-5-8-16(14)13-18-17(21)9-11-19(15(2)20)10-6-12-22-3/h4-5,7-8H,6,9-13H2,1-3H3,(H,18,21). The van der Waals surface area contributed by atoms with E-state index in [2.05, 4.69) is 5.32 Å². The van der Waals surface area contributed by atoms with Crippen LogP contribution in [0.2, 0.25) is 0 Å². The van der Waals surface area contributed by atoms with Crippen molar-refractivity contribution in [2.45, 2.75) is 33.2 Å². The van der Waals surface area contributed by atoms with Crippen LogP contribution in [0, 0.1) is 6.92 Å². The van der Waals surface area contributed by atoms with Gasteiger partial charge in [0, 0.05) is 46.7 Å². The summed E-state index contributed by atoms with van der Waals surface area (Å²) in [5.41, 5.74) is 2.27. The molecule has 122 valence electrons. The number of nitrogens with zero attached hydrogens (tertiary/aromatic N) is 1. The summed E-state index contributed by atoms with van der Waals surface area (Å²) in [4.78, 5) is 25.1. The number of carbonyl (C=O) groups excluding carboxylic acids is 2. The van der Waals surface area contributed by atoms with Gasteiger partial charge in [-0.05, 0) is 24.5 Å². The van der Waals surface area contributed by atoms with Crippen molar-refractivity contribution < 1.29 is 14.3 Å². The Balaban J connectivity index is 2.34. The topological polar surface area (TPSA) is 58.6 Å². The van der Waals surface area contributed by atoms with E-state index < -0.39 is 0 Å². The first-order chi connectivity index (χ1) is 10.5. The summed E-state index contributed by atoms with van der Waals surface area (Å²) in [5, 5.41) is 2.90. The van der Waals surface area contributed by atoms with Crippen molar-refractivity contribution >= 4 is 11.8 Å². The maximum atomic E-state index is 11.9. The fourth-order valence-electron chi connectivity index (χ4n) is 2.15. The van der Waals surface area contributed by atoms with Gasteiger partial charge in [0.1, 0.15) is 0 Å². The molecule has 0 unspecified atom stereocenters. The Morgan fingerprint density at radius 3 is 2.59 bits per heavy atom. The molecule has 0 saturated heterocycles. The predicted molar refractivity (Wildman–Crippen MR) is 86.4 cm³/mol. The van der Waals surface area contributed by atoms with Gasteiger partial charge in [0.25, 0.3) is 0 Å². The molecular formula is C17H26N2O3. The van der Waals surface area contributed by atoms with Gasteiger partial charge in [0.05, 0.1) is 0 Å². The number of aryl methyl sites for hydroxylation is 1. The highest BCUT2D eigenvalue weighted by Gasteiger charge is 2.11. The smallest absolute Gasteiger partial charge is 0.222 e. The van der Waals surface area contributed by atoms with E-state index in [1.165, 1.54) is 6.92 Å². The number of hydrogen-bond donors (Lipinski definition) is 1. The van der Waals surface area contributed by atoms with E-state index in [0.717, 1.165) is 17.5 Å². The van der Waals surface area contributed by atoms with Gasteiger partial charge in [-0.1, -0.05) is 24.3 Å². The van der Waals surface area contributed by atoms with Crippen molar-refractivity contribution in [3.05, 3.63) is 35.4 Å². The molecule has 1 aromatic rings. The van der Waals surface area contributed by atoms with Crippen LogP contribution in [-0.4, -0.2) is 43.5 Å². The number of nitrogens with one attached hydrogen (secondary N) is 1. The molecule has 0 aliphatic rings. The Labute approximate surface area is 132 Å². The second-order valence-electron chi connectivity index (χ2n) is 5.31. The first-order valence-electron chi connectivity index (χ1n) is 7.60. The zero-order valence-corrected chi connectivity index (χ0v) is 13.7. The summed E-state index contributed by atoms with van der Waals surface area (Å²) in [6, 6.07) is 7.96. The first-order valence-corrected chi connectivity index (χ1v) is 7.60. The van der Waals surface area contributed by atoms with Gasteiger partial charge in [-0.2, -0.15) is 0 Å². The highest BCUT2D eigenvalue weighted by Crippen LogP contribution is 2.06. The maximum absolute atomic E-state index is 11.9. The van der Waals surface area contributed by atoms with E-state index in [4.69, 9.17) is 4.74 Å². The molecule has 0 atom stereocenters. The van der Waals surface area contributed by atoms with Crippen LogP contribution in [0.3, 0.4) is 0 Å². The average molecular weight is 306 g/mol. The molecule has 0 saturated carbocycles. The number of amides is 2. The van der Waals surface area contributed by atoms with Gasteiger partial charge in [-0.3, -0.25) is 9.59 Å². The van der Waals surface area contributed by atoms with Crippen LogP contribution in [0.25, 0.3) is 0 Å². The molecule has 0 bridgehead atoms. The monoisotopic (exact) mass is 306 g/mol. The Hall–Kier alpha value is -1.88. The lowest BCUT2D eigenvalue weighted by molar-refractivity contribution is -0.129. The summed E-state index contributed by atoms with van der Waals surface area (Å²) in [5.74, 6) is -0.0518. The van der Waals surface area contributed by atoms with Crippen LogP contribution in [0.1, 0.15) is 30.9 Å². The zero-order chi connectivity index (χ0) is 16.4. The summed E-state index contributed by atoms with van der Waals surface area (Å²) in [6.07, 6.45) is 1.10. The normalized spacial score (nSPS) is 10.3. The van der Waals surface area contributed by atoms with Crippen molar-refractivity contribution in [2.75, 3.05) is 26.8 Å². The Kier molecular flexibility index (Phi) is 8.22. The fraction of sp³-hybridized carbons (Fsp3) is 0.529. The molecule has 0 radical (unpaired) electrons. The number of carbonyl (C=O) groups is 2. The lowest BCUT2D eigenvalue weighted by Gasteiger charge is -2.20. The first kappa shape index (κ1) is 18.2. The van der Waals surface area contributed by atoms with Crippen LogP contribution in [-0.2, 0) is 20.9 Å². The second kappa shape index (κ2) is 9.95. The van der Waals surface area contributed by atoms with E-state index in [0.29, 0.717) is 32.7 Å². The molecule has 2 amide bonds. The van der Waals surface area contributed by atoms with E-state index in [9.17, 15) is 9.59 Å². The van der Waals surface area contributed by atoms with Crippen LogP contribution in [0.15, 0.2) is 24.3 Å². The van der Waals surface area contributed by atoms with Gasteiger partial charge in [-0.25, -0.2) is 0 Å². The van der Waals surface area contributed by atoms with Gasteiger partial charge >= 0.3 is 0 Å². The molecule has 0 aliphatic carbocycles. The van der Waals surface area contributed by atoms with Gasteiger partial charge in [-0.15, -0.1) is 0 Å². The third kappa shape index (κ3) is 6.72. The number of ether oxygens (including phenoxy) is 1. The quantitative estimate of drug-likeness (QED) is 0.709. The summed E-state index contributed by atoms with van der Waals surface area (Å²) < 4.78 is 4.98. The molecule has 0 aliphatic heterocycles. The Morgan fingerprint density at radius 2 is 1.95 bits per heavy atom. The molecular weight excluding hydrogens is 280 g/mol. The number of methoxy groups -OCH3 is 1. The molecule has 0 heterocycles. The van der Waals surface area contributed by atoms with Crippen LogP contribution in [0.5, 0.6) is 0 Å². The lowest BCUT2D eigenvalue weighted by Crippen LogP contribution is -2.34. The largest absolute Gasteiger partial charge is 0.385 e. The molecule has 5 heteroatoms. The van der Waals surface area contributed by atoms with Gasteiger partial charge in [0.2, 0.25) is 11.8 Å². The van der Waals surface area contributed by atoms with Crippen LogP contribution < -0.4 is 5.32 Å². The molecule has 0 spiro atoms. The van der Waals surface area contributed by atoms with Crippen molar-refractivity contribution in [1.82, 2.24) is 10.2 Å². The molecule has 22 heavy (non-hydrogen) atoms. The second-order valence-corrected chi connectivity index (χ2v) is 5.31. The van der Waals surface area contributed by atoms with Gasteiger partial charge in [0.15, 0.2) is 0 Å². The van der Waals surface area contributed by atoms with E-state index in [1.54, 1.807) is 12.0 Å². The zero-order valence-electron chi connectivity index (χ0n) is 13.7. The minimum atomic E-state index is -0.0405. The minimum absolute atomic E-state index is 0.0113. The van der Waals surface area contributed by atoms with Crippen molar-refractivity contribution in [3.8, 4) is 0 Å². The Morgan fingerprint density at radius 1 is 1.23 bits per heavy atom. The number of benzene rings is 1. The number of hydrogen-bond acceptors (Lipinski definition) is 3. The van der Waals surface area contributed by atoms with Crippen LogP contribution in [0.4, 0.5) is 0 Å². The fourth-order valence-corrected chi connectivity index (χ4v) is 2.15. The molecule has 0 fully saturated rings. The predicted octanol–water partition coefficient (Wildman–Crippen LogP) is 1.89. The van der Waals surface area contributed by atoms with E-state index in [-0.39, 0.29) is 11.8 Å². The van der Waals surface area contributed by atoms with Crippen molar-refractivity contribution in [2.24, 2.45) is 0 Å². The van der Waals surface area contributed by atoms with E-state index in [1.807, 2.05) is 31.2 Å². The van der Waals surface area contributed by atoms with Crippen molar-refractivity contribution in [3.63, 3.8) is 0 Å². The molecule has 1 rings (SSSR count). The third-order valence-corrected chi connectivity index (χ3v) is 3.57. The molecule has 0 aromatic heterocycles. The number of rotatable bonds is 9. The average Bonchev–Trinajstić information content (AvgIpc) is 2.49. The minimum Gasteiger partial charge on any atom is -0.385 e. The SMILES string of the molecule is COCCCN(CCC(=O)NCc1ccccc1C)C(C)=O.